The molecule has 2 aromatic rings. The molecule has 0 unspecified atom stereocenters. The van der Waals surface area contributed by atoms with E-state index in [-0.39, 0.29) is 28.1 Å². The lowest BCUT2D eigenvalue weighted by Gasteiger charge is -2.11. The fourth-order valence-electron chi connectivity index (χ4n) is 1.93. The van der Waals surface area contributed by atoms with Gasteiger partial charge in [-0.15, -0.1) is 0 Å². The first-order chi connectivity index (χ1) is 10.5. The minimum absolute atomic E-state index is 0.0414. The van der Waals surface area contributed by atoms with Crippen molar-refractivity contribution in [1.82, 2.24) is 4.98 Å². The van der Waals surface area contributed by atoms with Gasteiger partial charge in [0, 0.05) is 11.1 Å². The maximum Gasteiger partial charge on any atom is 0.340 e. The van der Waals surface area contributed by atoms with Gasteiger partial charge in [-0.1, -0.05) is 0 Å². The van der Waals surface area contributed by atoms with E-state index in [0.717, 1.165) is 19.4 Å². The Balaban J connectivity index is 2.59. The van der Waals surface area contributed by atoms with Gasteiger partial charge in [-0.05, 0) is 24.3 Å². The lowest BCUT2D eigenvalue weighted by molar-refractivity contribution is 0.0595. The van der Waals surface area contributed by atoms with Gasteiger partial charge in [-0.25, -0.2) is 18.0 Å². The number of benzene rings is 1. The molecule has 22 heavy (non-hydrogen) atoms. The van der Waals surface area contributed by atoms with Crippen molar-refractivity contribution in [3.05, 3.63) is 47.4 Å². The van der Waals surface area contributed by atoms with Crippen LogP contribution < -0.4 is 4.74 Å². The summed E-state index contributed by atoms with van der Waals surface area (Å²) in [6, 6.07) is 5.10. The minimum Gasteiger partial charge on any atom is -0.497 e. The van der Waals surface area contributed by atoms with E-state index in [2.05, 4.69) is 9.72 Å². The molecule has 0 aliphatic carbocycles. The van der Waals surface area contributed by atoms with E-state index < -0.39 is 18.2 Å². The molecule has 1 heterocycles. The van der Waals surface area contributed by atoms with Crippen molar-refractivity contribution >= 4 is 5.97 Å². The summed E-state index contributed by atoms with van der Waals surface area (Å²) in [7, 11) is 2.45. The zero-order valence-electron chi connectivity index (χ0n) is 11.8. The predicted octanol–water partition coefficient (Wildman–Crippen LogP) is 3.62. The van der Waals surface area contributed by atoms with E-state index in [0.29, 0.717) is 0 Å². The largest absolute Gasteiger partial charge is 0.497 e. The van der Waals surface area contributed by atoms with Crippen LogP contribution in [0, 0.1) is 5.82 Å². The highest BCUT2D eigenvalue weighted by Gasteiger charge is 2.19. The molecule has 0 aliphatic heterocycles. The Bertz CT molecular complexity index is 704. The number of hydrogen-bond donors (Lipinski definition) is 0. The molecule has 1 aromatic heterocycles. The normalized spacial score (nSPS) is 10.6. The van der Waals surface area contributed by atoms with Crippen molar-refractivity contribution in [1.29, 1.82) is 0 Å². The van der Waals surface area contributed by atoms with Crippen LogP contribution >= 0.6 is 0 Å². The van der Waals surface area contributed by atoms with E-state index in [4.69, 9.17) is 4.74 Å². The van der Waals surface area contributed by atoms with Gasteiger partial charge < -0.3 is 9.47 Å². The predicted molar refractivity (Wildman–Crippen MR) is 72.5 cm³/mol. The fraction of sp³-hybridized carbons (Fsp3) is 0.200. The lowest BCUT2D eigenvalue weighted by Crippen LogP contribution is -2.06. The summed E-state index contributed by atoms with van der Waals surface area (Å²) < 4.78 is 49.3. The second kappa shape index (κ2) is 6.46. The van der Waals surface area contributed by atoms with Gasteiger partial charge in [0.15, 0.2) is 5.82 Å². The third-order valence-corrected chi connectivity index (χ3v) is 3.03. The molecule has 0 spiro atoms. The summed E-state index contributed by atoms with van der Waals surface area (Å²) in [5.74, 6) is -1.54. The van der Waals surface area contributed by atoms with Crippen molar-refractivity contribution in [2.45, 2.75) is 6.43 Å². The highest BCUT2D eigenvalue weighted by molar-refractivity contribution is 5.90. The van der Waals surface area contributed by atoms with Crippen LogP contribution in [-0.2, 0) is 4.74 Å². The minimum atomic E-state index is -2.78. The van der Waals surface area contributed by atoms with Gasteiger partial charge in [-0.3, -0.25) is 4.98 Å². The third kappa shape index (κ3) is 3.03. The van der Waals surface area contributed by atoms with Gasteiger partial charge >= 0.3 is 5.97 Å². The molecule has 1 aromatic carbocycles. The molecule has 0 N–H and O–H groups in total. The van der Waals surface area contributed by atoms with Crippen LogP contribution in [0.5, 0.6) is 5.75 Å². The topological polar surface area (TPSA) is 48.4 Å². The van der Waals surface area contributed by atoms with Gasteiger partial charge in [0.2, 0.25) is 0 Å². The van der Waals surface area contributed by atoms with Crippen LogP contribution in [0.1, 0.15) is 22.3 Å². The van der Waals surface area contributed by atoms with E-state index >= 15 is 0 Å². The maximum atomic E-state index is 13.6. The average molecular weight is 311 g/mol. The van der Waals surface area contributed by atoms with Gasteiger partial charge in [-0.2, -0.15) is 0 Å². The number of methoxy groups -OCH3 is 2. The number of aromatic nitrogens is 1. The summed E-state index contributed by atoms with van der Waals surface area (Å²) in [6.45, 7) is 0. The number of ether oxygens (including phenoxy) is 2. The number of pyridine rings is 1. The Morgan fingerprint density at radius 3 is 2.55 bits per heavy atom. The molecule has 0 saturated carbocycles. The number of carbonyl (C=O) groups excluding carboxylic acids is 1. The first kappa shape index (κ1) is 15.8. The van der Waals surface area contributed by atoms with E-state index in [1.807, 2.05) is 0 Å². The Morgan fingerprint density at radius 2 is 1.95 bits per heavy atom. The van der Waals surface area contributed by atoms with E-state index in [1.165, 1.54) is 25.3 Å². The monoisotopic (exact) mass is 311 g/mol. The molecule has 0 fully saturated rings. The third-order valence-electron chi connectivity index (χ3n) is 3.03. The Labute approximate surface area is 124 Å². The number of alkyl halides is 2. The van der Waals surface area contributed by atoms with Crippen LogP contribution in [0.3, 0.4) is 0 Å². The molecule has 0 amide bonds. The van der Waals surface area contributed by atoms with Crippen molar-refractivity contribution in [2.75, 3.05) is 14.2 Å². The van der Waals surface area contributed by atoms with Crippen LogP contribution in [0.4, 0.5) is 13.2 Å². The van der Waals surface area contributed by atoms with Crippen LogP contribution in [0.15, 0.2) is 30.5 Å². The van der Waals surface area contributed by atoms with Crippen molar-refractivity contribution < 1.29 is 27.4 Å². The molecule has 0 radical (unpaired) electrons. The molecule has 116 valence electrons. The van der Waals surface area contributed by atoms with Crippen molar-refractivity contribution in [2.24, 2.45) is 0 Å². The van der Waals surface area contributed by atoms with Gasteiger partial charge in [0.1, 0.15) is 5.75 Å². The number of nitrogens with zero attached hydrogens (tertiary/aromatic N) is 1. The molecular weight excluding hydrogens is 299 g/mol. The van der Waals surface area contributed by atoms with Crippen LogP contribution in [0.25, 0.3) is 11.3 Å². The van der Waals surface area contributed by atoms with E-state index in [1.54, 1.807) is 0 Å². The Hall–Kier alpha value is -2.57. The Morgan fingerprint density at radius 1 is 1.23 bits per heavy atom. The molecule has 0 atom stereocenters. The van der Waals surface area contributed by atoms with Crippen molar-refractivity contribution in [3.8, 4) is 17.0 Å². The molecular formula is C15H12F3NO3. The zero-order valence-corrected chi connectivity index (χ0v) is 11.8. The molecule has 0 aliphatic rings. The maximum absolute atomic E-state index is 13.6. The quantitative estimate of drug-likeness (QED) is 0.809. The summed E-state index contributed by atoms with van der Waals surface area (Å²) in [5.41, 5.74) is -0.571. The highest BCUT2D eigenvalue weighted by atomic mass is 19.3. The second-order valence-corrected chi connectivity index (χ2v) is 4.29. The molecule has 0 saturated heterocycles. The highest BCUT2D eigenvalue weighted by Crippen LogP contribution is 2.33. The van der Waals surface area contributed by atoms with Crippen molar-refractivity contribution in [3.63, 3.8) is 0 Å². The summed E-state index contributed by atoms with van der Waals surface area (Å²) in [4.78, 5) is 15.2. The summed E-state index contributed by atoms with van der Waals surface area (Å²) in [6.07, 6.45) is -1.99. The number of carbonyl (C=O) groups is 1. The number of halogens is 3. The lowest BCUT2D eigenvalue weighted by atomic mass is 10.0. The van der Waals surface area contributed by atoms with Gasteiger partial charge in [0.25, 0.3) is 6.43 Å². The SMILES string of the molecule is COC(=O)c1cc(-c2ccc(OC)cc2C(F)F)ncc1F. The zero-order chi connectivity index (χ0) is 16.3. The summed E-state index contributed by atoms with van der Waals surface area (Å²) >= 11 is 0. The number of hydrogen-bond acceptors (Lipinski definition) is 4. The first-order valence-corrected chi connectivity index (χ1v) is 6.18. The standard InChI is InChI=1S/C15H12F3NO3/c1-21-8-3-4-9(10(5-8)14(17)18)13-6-11(15(20)22-2)12(16)7-19-13/h3-7,14H,1-2H3. The summed E-state index contributed by atoms with van der Waals surface area (Å²) in [5, 5.41) is 0. The second-order valence-electron chi connectivity index (χ2n) is 4.29. The fourth-order valence-corrected chi connectivity index (χ4v) is 1.93. The molecule has 2 rings (SSSR count). The van der Waals surface area contributed by atoms with E-state index in [9.17, 15) is 18.0 Å². The number of rotatable bonds is 4. The molecule has 4 nitrogen and oxygen atoms in total. The van der Waals surface area contributed by atoms with Crippen LogP contribution in [-0.4, -0.2) is 25.2 Å². The first-order valence-electron chi connectivity index (χ1n) is 6.18. The molecule has 7 heteroatoms. The Kier molecular flexibility index (Phi) is 4.65. The smallest absolute Gasteiger partial charge is 0.340 e. The number of esters is 1. The van der Waals surface area contributed by atoms with Gasteiger partial charge in [0.05, 0.1) is 31.7 Å². The molecule has 0 bridgehead atoms. The average Bonchev–Trinajstić information content (AvgIpc) is 2.54. The van der Waals surface area contributed by atoms with Crippen LogP contribution in [0.2, 0.25) is 0 Å².